The van der Waals surface area contributed by atoms with Crippen LogP contribution in [0, 0.1) is 6.92 Å². The van der Waals surface area contributed by atoms with Gasteiger partial charge < -0.3 is 10.6 Å². The van der Waals surface area contributed by atoms with Gasteiger partial charge in [-0.2, -0.15) is 0 Å². The SMILES string of the molecule is CCC1(CC)NC(=O)N(CC(=O)Nc2nc(C)cs2)C1=O. The summed E-state index contributed by atoms with van der Waals surface area (Å²) in [6.07, 6.45) is 0.996. The van der Waals surface area contributed by atoms with Crippen molar-refractivity contribution in [3.8, 4) is 0 Å². The first kappa shape index (κ1) is 15.4. The van der Waals surface area contributed by atoms with Crippen molar-refractivity contribution in [2.24, 2.45) is 0 Å². The summed E-state index contributed by atoms with van der Waals surface area (Å²) in [5.41, 5.74) is -0.0731. The van der Waals surface area contributed by atoms with Crippen molar-refractivity contribution in [2.45, 2.75) is 39.2 Å². The summed E-state index contributed by atoms with van der Waals surface area (Å²) >= 11 is 1.30. The molecule has 0 saturated carbocycles. The van der Waals surface area contributed by atoms with Crippen molar-refractivity contribution in [1.82, 2.24) is 15.2 Å². The van der Waals surface area contributed by atoms with Gasteiger partial charge in [-0.05, 0) is 19.8 Å². The standard InChI is InChI=1S/C13H18N4O3S/c1-4-13(5-2)10(19)17(12(20)16-13)6-9(18)15-11-14-8(3)7-21-11/h7H,4-6H2,1-3H3,(H,16,20)(H,14,15,18). The second-order valence-corrected chi connectivity index (χ2v) is 5.81. The van der Waals surface area contributed by atoms with E-state index < -0.39 is 17.5 Å². The fourth-order valence-electron chi connectivity index (χ4n) is 2.26. The van der Waals surface area contributed by atoms with Crippen molar-refractivity contribution in [1.29, 1.82) is 0 Å². The number of amides is 4. The predicted molar refractivity (Wildman–Crippen MR) is 79.0 cm³/mol. The molecule has 114 valence electrons. The second-order valence-electron chi connectivity index (χ2n) is 4.95. The number of urea groups is 1. The van der Waals surface area contributed by atoms with Crippen molar-refractivity contribution in [3.05, 3.63) is 11.1 Å². The third-order valence-electron chi connectivity index (χ3n) is 3.62. The van der Waals surface area contributed by atoms with Crippen molar-refractivity contribution < 1.29 is 14.4 Å². The maximum atomic E-state index is 12.3. The number of nitrogens with one attached hydrogen (secondary N) is 2. The van der Waals surface area contributed by atoms with Crippen molar-refractivity contribution >= 4 is 34.3 Å². The maximum absolute atomic E-state index is 12.3. The zero-order valence-electron chi connectivity index (χ0n) is 12.2. The van der Waals surface area contributed by atoms with E-state index in [0.717, 1.165) is 10.6 Å². The van der Waals surface area contributed by atoms with E-state index in [2.05, 4.69) is 15.6 Å². The van der Waals surface area contributed by atoms with Crippen LogP contribution in [0.2, 0.25) is 0 Å². The summed E-state index contributed by atoms with van der Waals surface area (Å²) in [5.74, 6) is -0.779. The van der Waals surface area contributed by atoms with Gasteiger partial charge in [0.25, 0.3) is 5.91 Å². The first-order valence-electron chi connectivity index (χ1n) is 6.78. The lowest BCUT2D eigenvalue weighted by atomic mass is 9.93. The quantitative estimate of drug-likeness (QED) is 0.806. The fraction of sp³-hybridized carbons (Fsp3) is 0.538. The number of hydrogen-bond acceptors (Lipinski definition) is 5. The molecule has 0 spiro atoms. The Kier molecular flexibility index (Phi) is 4.26. The van der Waals surface area contributed by atoms with Gasteiger partial charge in [-0.25, -0.2) is 9.78 Å². The number of thiazole rings is 1. The number of imide groups is 1. The number of carbonyl (C=O) groups excluding carboxylic acids is 3. The minimum Gasteiger partial charge on any atom is -0.323 e. The van der Waals surface area contributed by atoms with Crippen LogP contribution in [0.3, 0.4) is 0 Å². The van der Waals surface area contributed by atoms with E-state index in [1.54, 1.807) is 0 Å². The highest BCUT2D eigenvalue weighted by atomic mass is 32.1. The number of anilines is 1. The Morgan fingerprint density at radius 3 is 2.57 bits per heavy atom. The van der Waals surface area contributed by atoms with Crippen LogP contribution in [-0.2, 0) is 9.59 Å². The first-order valence-corrected chi connectivity index (χ1v) is 7.66. The summed E-state index contributed by atoms with van der Waals surface area (Å²) in [6, 6.07) is -0.519. The topological polar surface area (TPSA) is 91.4 Å². The molecule has 2 heterocycles. The Morgan fingerprint density at radius 2 is 2.10 bits per heavy atom. The summed E-state index contributed by atoms with van der Waals surface area (Å²) < 4.78 is 0. The third kappa shape index (κ3) is 2.90. The molecule has 1 aliphatic heterocycles. The molecule has 0 aromatic carbocycles. The highest BCUT2D eigenvalue weighted by molar-refractivity contribution is 7.13. The van der Waals surface area contributed by atoms with Crippen molar-refractivity contribution in [2.75, 3.05) is 11.9 Å². The van der Waals surface area contributed by atoms with Gasteiger partial charge in [0.15, 0.2) is 5.13 Å². The van der Waals surface area contributed by atoms with Crippen LogP contribution in [-0.4, -0.2) is 39.8 Å². The lowest BCUT2D eigenvalue weighted by Gasteiger charge is -2.22. The van der Waals surface area contributed by atoms with Crippen LogP contribution in [0.4, 0.5) is 9.93 Å². The zero-order valence-corrected chi connectivity index (χ0v) is 13.0. The molecule has 7 nitrogen and oxygen atoms in total. The van der Waals surface area contributed by atoms with Gasteiger partial charge in [0.05, 0.1) is 5.69 Å². The molecule has 1 saturated heterocycles. The van der Waals surface area contributed by atoms with Crippen molar-refractivity contribution in [3.63, 3.8) is 0 Å². The molecule has 4 amide bonds. The zero-order chi connectivity index (χ0) is 15.6. The van der Waals surface area contributed by atoms with Crippen LogP contribution < -0.4 is 10.6 Å². The van der Waals surface area contributed by atoms with Gasteiger partial charge in [0, 0.05) is 5.38 Å². The molecule has 0 atom stereocenters. The van der Waals surface area contributed by atoms with E-state index in [4.69, 9.17) is 0 Å². The molecule has 2 rings (SSSR count). The number of hydrogen-bond donors (Lipinski definition) is 2. The number of aromatic nitrogens is 1. The van der Waals surface area contributed by atoms with Gasteiger partial charge in [0.1, 0.15) is 12.1 Å². The van der Waals surface area contributed by atoms with E-state index in [0.29, 0.717) is 18.0 Å². The molecular weight excluding hydrogens is 292 g/mol. The molecule has 1 fully saturated rings. The Morgan fingerprint density at radius 1 is 1.43 bits per heavy atom. The molecule has 21 heavy (non-hydrogen) atoms. The molecule has 1 aliphatic rings. The number of rotatable bonds is 5. The van der Waals surface area contributed by atoms with Crippen LogP contribution in [0.15, 0.2) is 5.38 Å². The molecule has 1 aromatic heterocycles. The number of nitrogens with zero attached hydrogens (tertiary/aromatic N) is 2. The van der Waals surface area contributed by atoms with Crippen LogP contribution in [0.25, 0.3) is 0 Å². The van der Waals surface area contributed by atoms with E-state index in [1.165, 1.54) is 11.3 Å². The monoisotopic (exact) mass is 310 g/mol. The molecule has 8 heteroatoms. The Hall–Kier alpha value is -1.96. The third-order valence-corrected chi connectivity index (χ3v) is 4.50. The number of carbonyl (C=O) groups is 3. The molecule has 1 aromatic rings. The molecular formula is C13H18N4O3S. The van der Waals surface area contributed by atoms with Crippen LogP contribution in [0.5, 0.6) is 0 Å². The minimum absolute atomic E-state index is 0.301. The van der Waals surface area contributed by atoms with E-state index in [1.807, 2.05) is 26.2 Å². The van der Waals surface area contributed by atoms with Gasteiger partial charge >= 0.3 is 6.03 Å². The average Bonchev–Trinajstić information content (AvgIpc) is 2.95. The van der Waals surface area contributed by atoms with E-state index in [9.17, 15) is 14.4 Å². The predicted octanol–water partition coefficient (Wildman–Crippen LogP) is 1.50. The molecule has 0 unspecified atom stereocenters. The molecule has 0 aliphatic carbocycles. The lowest BCUT2D eigenvalue weighted by molar-refractivity contribution is -0.134. The van der Waals surface area contributed by atoms with Gasteiger partial charge in [-0.1, -0.05) is 13.8 Å². The Balaban J connectivity index is 2.04. The molecule has 2 N–H and O–H groups in total. The second kappa shape index (κ2) is 5.80. The molecule has 0 radical (unpaired) electrons. The summed E-state index contributed by atoms with van der Waals surface area (Å²) in [4.78, 5) is 41.3. The lowest BCUT2D eigenvalue weighted by Crippen LogP contribution is -2.46. The minimum atomic E-state index is -0.880. The highest BCUT2D eigenvalue weighted by Crippen LogP contribution is 2.24. The largest absolute Gasteiger partial charge is 0.325 e. The maximum Gasteiger partial charge on any atom is 0.325 e. The Bertz CT molecular complexity index is 580. The highest BCUT2D eigenvalue weighted by Gasteiger charge is 2.49. The Labute approximate surface area is 126 Å². The molecule has 0 bridgehead atoms. The van der Waals surface area contributed by atoms with Gasteiger partial charge in [-0.3, -0.25) is 14.5 Å². The normalized spacial score (nSPS) is 17.0. The van der Waals surface area contributed by atoms with Gasteiger partial charge in [0.2, 0.25) is 5.91 Å². The van der Waals surface area contributed by atoms with Gasteiger partial charge in [-0.15, -0.1) is 11.3 Å². The first-order chi connectivity index (χ1) is 9.91. The van der Waals surface area contributed by atoms with E-state index >= 15 is 0 Å². The average molecular weight is 310 g/mol. The summed E-state index contributed by atoms with van der Waals surface area (Å²) in [7, 11) is 0. The van der Waals surface area contributed by atoms with Crippen LogP contribution in [0.1, 0.15) is 32.4 Å². The summed E-state index contributed by atoms with van der Waals surface area (Å²) in [5, 5.41) is 7.54. The van der Waals surface area contributed by atoms with E-state index in [-0.39, 0.29) is 12.5 Å². The van der Waals surface area contributed by atoms with Crippen LogP contribution >= 0.6 is 11.3 Å². The fourth-order valence-corrected chi connectivity index (χ4v) is 2.97. The number of aryl methyl sites for hydroxylation is 1. The smallest absolute Gasteiger partial charge is 0.323 e. The summed E-state index contributed by atoms with van der Waals surface area (Å²) in [6.45, 7) is 5.19.